The van der Waals surface area contributed by atoms with Crippen molar-refractivity contribution in [3.8, 4) is 0 Å². The second kappa shape index (κ2) is 10.1. The van der Waals surface area contributed by atoms with Crippen LogP contribution in [0, 0.1) is 0 Å². The van der Waals surface area contributed by atoms with E-state index in [9.17, 15) is 0 Å². The van der Waals surface area contributed by atoms with E-state index in [0.717, 1.165) is 0 Å². The van der Waals surface area contributed by atoms with Gasteiger partial charge in [-0.1, -0.05) is 0 Å². The Morgan fingerprint density at radius 1 is 1.25 bits per heavy atom. The van der Waals surface area contributed by atoms with Crippen LogP contribution in [0.25, 0.3) is 0 Å². The number of hydrogen-bond donors (Lipinski definition) is 2. The molecule has 0 spiro atoms. The fourth-order valence-corrected chi connectivity index (χ4v) is 0. The summed E-state index contributed by atoms with van der Waals surface area (Å²) in [5.74, 6) is 0. The van der Waals surface area contributed by atoms with Crippen LogP contribution < -0.4 is 99.8 Å². The minimum Gasteiger partial charge on any atom is -1.00 e. The molecule has 0 atom stereocenters. The number of hydrogen-bond acceptors (Lipinski definition) is 2. The summed E-state index contributed by atoms with van der Waals surface area (Å²) >= 11 is 0. The molecule has 0 bridgehead atoms. The summed E-state index contributed by atoms with van der Waals surface area (Å²) in [5, 5.41) is 0. The van der Waals surface area contributed by atoms with Crippen LogP contribution >= 0.6 is 0 Å². The van der Waals surface area contributed by atoms with Crippen molar-refractivity contribution in [3.63, 3.8) is 0 Å². The molecule has 2 N–H and O–H groups in total. The van der Waals surface area contributed by atoms with E-state index >= 15 is 0 Å². The second-order valence-electron chi connectivity index (χ2n) is 0.448. The first-order valence-corrected chi connectivity index (χ1v) is 2.10. The Bertz CT molecular complexity index is 109. The molecule has 0 aliphatic carbocycles. The molecule has 0 rings (SSSR count). The summed E-state index contributed by atoms with van der Waals surface area (Å²) in [6.07, 6.45) is 0. The summed E-state index contributed by atoms with van der Waals surface area (Å²) in [7, 11) is -4.67. The molecule has 38 valence electrons. The smallest absolute Gasteiger partial charge is 1.00 e. The van der Waals surface area contributed by atoms with E-state index in [4.69, 9.17) is 17.5 Å². The van der Waals surface area contributed by atoms with Crippen LogP contribution in [0.1, 0.15) is 4.28 Å². The van der Waals surface area contributed by atoms with Gasteiger partial charge in [-0.2, -0.15) is 8.42 Å². The summed E-state index contributed by atoms with van der Waals surface area (Å²) in [4.78, 5) is 0. The van der Waals surface area contributed by atoms with E-state index in [1.165, 1.54) is 0 Å². The molecule has 8 heavy (non-hydrogen) atoms. The van der Waals surface area contributed by atoms with Gasteiger partial charge in [0, 0.05) is 0 Å². The van der Waals surface area contributed by atoms with Gasteiger partial charge in [0.25, 0.3) is 0 Å². The van der Waals surface area contributed by atoms with E-state index < -0.39 is 10.4 Å². The van der Waals surface area contributed by atoms with Crippen molar-refractivity contribution in [2.45, 2.75) is 0 Å². The normalized spacial score (nSPS) is 7.25. The van der Waals surface area contributed by atoms with Crippen molar-refractivity contribution in [2.75, 3.05) is 0 Å². The van der Waals surface area contributed by atoms with Crippen LogP contribution in [0.15, 0.2) is 0 Å². The van der Waals surface area contributed by atoms with Crippen LogP contribution in [0.2, 0.25) is 0 Å². The zero-order valence-electron chi connectivity index (χ0n) is 8.12. The molecule has 0 amide bonds. The molecular formula is H5KLiNaO4S. The van der Waals surface area contributed by atoms with Crippen LogP contribution in [-0.4, -0.2) is 17.5 Å². The average Bonchev–Trinajstić information content (AvgIpc) is 0.722. The van der Waals surface area contributed by atoms with Gasteiger partial charge in [-0.05, 0) is 0 Å². The Morgan fingerprint density at radius 2 is 1.25 bits per heavy atom. The van der Waals surface area contributed by atoms with Gasteiger partial charge in [-0.25, -0.2) is 0 Å². The maximum Gasteiger partial charge on any atom is 1.00 e. The van der Waals surface area contributed by atoms with E-state index in [1.807, 2.05) is 0 Å². The molecule has 8 heteroatoms. The van der Waals surface area contributed by atoms with Crippen molar-refractivity contribution < 1.29 is 122 Å². The minimum absolute atomic E-state index is 0. The molecule has 0 unspecified atom stereocenters. The maximum absolute atomic E-state index is 8.74. The third-order valence-electron chi connectivity index (χ3n) is 0. The van der Waals surface area contributed by atoms with E-state index in [0.29, 0.717) is 0 Å². The van der Waals surface area contributed by atoms with E-state index in [2.05, 4.69) is 0 Å². The van der Waals surface area contributed by atoms with Gasteiger partial charge in [0.2, 0.25) is 0 Å². The third-order valence-corrected chi connectivity index (χ3v) is 0. The molecule has 0 aromatic carbocycles. The average molecular weight is 170 g/mol. The molecule has 0 radical (unpaired) electrons. The summed E-state index contributed by atoms with van der Waals surface area (Å²) in [5.41, 5.74) is 0. The first kappa shape index (κ1) is 22.5. The zero-order chi connectivity index (χ0) is 4.50. The summed E-state index contributed by atoms with van der Waals surface area (Å²) < 4.78 is 31.6. The quantitative estimate of drug-likeness (QED) is 0.279. The standard InChI is InChI=1S/K.Li.Na.H2O4S.3H/c;;;1-5(2,3)4;;;/h;;;(H2,1,2,3,4);;;/q3*+1;;3*-1. The van der Waals surface area contributed by atoms with Crippen molar-refractivity contribution in [1.82, 2.24) is 0 Å². The second-order valence-corrected chi connectivity index (χ2v) is 1.34. The summed E-state index contributed by atoms with van der Waals surface area (Å²) in [6.45, 7) is 0. The largest absolute Gasteiger partial charge is 1.00 e. The molecule has 0 aliphatic rings. The Hall–Kier alpha value is 3.10. The molecule has 0 saturated carbocycles. The van der Waals surface area contributed by atoms with Gasteiger partial charge in [0.05, 0.1) is 0 Å². The van der Waals surface area contributed by atoms with Gasteiger partial charge in [0.1, 0.15) is 0 Å². The van der Waals surface area contributed by atoms with Crippen molar-refractivity contribution in [2.24, 2.45) is 0 Å². The first-order valence-electron chi connectivity index (χ1n) is 0.698. The van der Waals surface area contributed by atoms with E-state index in [-0.39, 0.29) is 104 Å². The van der Waals surface area contributed by atoms with Gasteiger partial charge in [-0.15, -0.1) is 0 Å². The van der Waals surface area contributed by atoms with Gasteiger partial charge in [0.15, 0.2) is 0 Å². The Morgan fingerprint density at radius 3 is 1.25 bits per heavy atom. The molecular weight excluding hydrogens is 165 g/mol. The topological polar surface area (TPSA) is 74.6 Å². The molecule has 0 heterocycles. The van der Waals surface area contributed by atoms with E-state index in [1.54, 1.807) is 0 Å². The molecule has 0 aromatic heterocycles. The molecule has 0 aliphatic heterocycles. The SMILES string of the molecule is O=S(=O)(O)O.[H-].[H-].[H-].[K+].[Li+].[Na+]. The first-order chi connectivity index (χ1) is 2.00. The predicted octanol–water partition coefficient (Wildman–Crippen LogP) is -9.30. The Balaban J connectivity index is -0.00000000533. The van der Waals surface area contributed by atoms with Gasteiger partial charge < -0.3 is 4.28 Å². The fourth-order valence-electron chi connectivity index (χ4n) is 0. The Labute approximate surface area is 129 Å². The maximum atomic E-state index is 8.74. The van der Waals surface area contributed by atoms with Crippen LogP contribution in [0.3, 0.4) is 0 Å². The van der Waals surface area contributed by atoms with Crippen molar-refractivity contribution in [1.29, 1.82) is 0 Å². The molecule has 4 nitrogen and oxygen atoms in total. The predicted molar refractivity (Wildman–Crippen MR) is 17.5 cm³/mol. The van der Waals surface area contributed by atoms with Crippen LogP contribution in [-0.2, 0) is 10.4 Å². The van der Waals surface area contributed by atoms with Crippen LogP contribution in [0.4, 0.5) is 0 Å². The number of rotatable bonds is 0. The van der Waals surface area contributed by atoms with Crippen molar-refractivity contribution in [3.05, 3.63) is 0 Å². The molecule has 0 aromatic rings. The third kappa shape index (κ3) is 62.1. The van der Waals surface area contributed by atoms with Crippen molar-refractivity contribution >= 4 is 10.4 Å². The Kier molecular flexibility index (Phi) is 28.4. The molecule has 0 saturated heterocycles. The summed E-state index contributed by atoms with van der Waals surface area (Å²) in [6, 6.07) is 0. The van der Waals surface area contributed by atoms with Crippen LogP contribution in [0.5, 0.6) is 0 Å². The monoisotopic (exact) mass is 170 g/mol. The van der Waals surface area contributed by atoms with Gasteiger partial charge >= 0.3 is 110 Å². The molecule has 0 fully saturated rings. The zero-order valence-corrected chi connectivity index (χ0v) is 11.1. The van der Waals surface area contributed by atoms with Gasteiger partial charge in [-0.3, -0.25) is 9.11 Å². The fraction of sp³-hybridized carbons (Fsp3) is 0. The minimum atomic E-state index is -4.67.